The van der Waals surface area contributed by atoms with Gasteiger partial charge in [0.15, 0.2) is 0 Å². The number of nitrogens with zero attached hydrogens (tertiary/aromatic N) is 3. The summed E-state index contributed by atoms with van der Waals surface area (Å²) in [5.41, 5.74) is 0. The zero-order valence-electron chi connectivity index (χ0n) is 11.8. The highest BCUT2D eigenvalue weighted by Crippen LogP contribution is 2.30. The number of aromatic amines is 1. The zero-order valence-corrected chi connectivity index (χ0v) is 13.4. The van der Waals surface area contributed by atoms with E-state index in [1.165, 1.54) is 22.0 Å². The van der Waals surface area contributed by atoms with Gasteiger partial charge in [-0.25, -0.2) is 13.5 Å². The number of H-pyrrole nitrogens is 1. The van der Waals surface area contributed by atoms with Gasteiger partial charge in [-0.2, -0.15) is 14.4 Å². The van der Waals surface area contributed by atoms with Gasteiger partial charge >= 0.3 is 0 Å². The Balaban J connectivity index is 1.82. The van der Waals surface area contributed by atoms with Crippen molar-refractivity contribution in [3.8, 4) is 0 Å². The number of aryl methyl sites for hydroxylation is 1. The molecule has 0 saturated carbocycles. The Morgan fingerprint density at radius 3 is 2.95 bits per heavy atom. The predicted octanol–water partition coefficient (Wildman–Crippen LogP) is 0.966. The maximum atomic E-state index is 12.7. The van der Waals surface area contributed by atoms with Crippen LogP contribution in [0.25, 0.3) is 0 Å². The molecule has 1 unspecified atom stereocenters. The Morgan fingerprint density at radius 2 is 2.32 bits per heavy atom. The zero-order chi connectivity index (χ0) is 15.7. The van der Waals surface area contributed by atoms with Crippen molar-refractivity contribution >= 4 is 33.2 Å². The van der Waals surface area contributed by atoms with Gasteiger partial charge in [0.1, 0.15) is 16.6 Å². The fraction of sp³-hybridized carbons (Fsp3) is 0.417. The molecule has 0 bridgehead atoms. The number of thiophene rings is 1. The fourth-order valence-electron chi connectivity index (χ4n) is 2.42. The number of nitrogens with one attached hydrogen (secondary N) is 2. The lowest BCUT2D eigenvalue weighted by atomic mass is 10.2. The second kappa shape index (κ2) is 5.78. The number of rotatable bonds is 4. The molecule has 0 aromatic carbocycles. The van der Waals surface area contributed by atoms with Gasteiger partial charge in [-0.1, -0.05) is 0 Å². The van der Waals surface area contributed by atoms with Crippen LogP contribution in [-0.2, 0) is 14.8 Å². The molecule has 22 heavy (non-hydrogen) atoms. The summed E-state index contributed by atoms with van der Waals surface area (Å²) in [6.07, 6.45) is 2.41. The van der Waals surface area contributed by atoms with Crippen LogP contribution in [-0.4, -0.2) is 46.4 Å². The number of carbonyl (C=O) groups is 1. The van der Waals surface area contributed by atoms with Crippen LogP contribution >= 0.6 is 11.3 Å². The summed E-state index contributed by atoms with van der Waals surface area (Å²) in [5, 5.41) is 8.71. The number of amides is 1. The highest BCUT2D eigenvalue weighted by atomic mass is 32.2. The van der Waals surface area contributed by atoms with Gasteiger partial charge in [0.05, 0.1) is 0 Å². The molecule has 1 atom stereocenters. The molecule has 1 aliphatic rings. The van der Waals surface area contributed by atoms with Crippen LogP contribution in [0.2, 0.25) is 0 Å². The minimum Gasteiger partial charge on any atom is -0.294 e. The number of hydrogen-bond donors (Lipinski definition) is 2. The second-order valence-corrected chi connectivity index (χ2v) is 8.37. The molecular formula is C12H15N5O3S2. The first kappa shape index (κ1) is 15.1. The van der Waals surface area contributed by atoms with Crippen molar-refractivity contribution in [1.29, 1.82) is 0 Å². The first-order valence-corrected chi connectivity index (χ1v) is 8.98. The summed E-state index contributed by atoms with van der Waals surface area (Å²) in [7, 11) is -3.65. The van der Waals surface area contributed by atoms with E-state index in [1.807, 2.05) is 6.92 Å². The second-order valence-electron chi connectivity index (χ2n) is 4.96. The molecule has 1 aliphatic heterocycles. The third kappa shape index (κ3) is 2.76. The number of carbonyl (C=O) groups excluding carboxylic acids is 1. The Bertz CT molecular complexity index is 769. The quantitative estimate of drug-likeness (QED) is 0.861. The summed E-state index contributed by atoms with van der Waals surface area (Å²) in [6.45, 7) is 2.19. The van der Waals surface area contributed by atoms with E-state index in [0.29, 0.717) is 19.4 Å². The van der Waals surface area contributed by atoms with Crippen molar-refractivity contribution in [1.82, 2.24) is 19.5 Å². The highest BCUT2D eigenvalue weighted by Gasteiger charge is 2.40. The van der Waals surface area contributed by atoms with Crippen molar-refractivity contribution < 1.29 is 13.2 Å². The molecule has 10 heteroatoms. The van der Waals surface area contributed by atoms with Crippen molar-refractivity contribution in [3.05, 3.63) is 23.3 Å². The maximum Gasteiger partial charge on any atom is 0.253 e. The van der Waals surface area contributed by atoms with Gasteiger partial charge < -0.3 is 0 Å². The number of aromatic nitrogens is 3. The smallest absolute Gasteiger partial charge is 0.253 e. The van der Waals surface area contributed by atoms with Gasteiger partial charge in [0.25, 0.3) is 10.0 Å². The Kier molecular flexibility index (Phi) is 3.98. The van der Waals surface area contributed by atoms with E-state index in [-0.39, 0.29) is 10.2 Å². The van der Waals surface area contributed by atoms with E-state index in [1.54, 1.807) is 12.1 Å². The molecular weight excluding hydrogens is 326 g/mol. The van der Waals surface area contributed by atoms with E-state index in [4.69, 9.17) is 0 Å². The van der Waals surface area contributed by atoms with Crippen LogP contribution in [0.5, 0.6) is 0 Å². The van der Waals surface area contributed by atoms with E-state index < -0.39 is 22.0 Å². The monoisotopic (exact) mass is 341 g/mol. The molecule has 1 saturated heterocycles. The van der Waals surface area contributed by atoms with E-state index >= 15 is 0 Å². The Hall–Kier alpha value is -1.78. The molecule has 1 fully saturated rings. The molecule has 2 aromatic rings. The molecule has 3 heterocycles. The van der Waals surface area contributed by atoms with Gasteiger partial charge in [-0.05, 0) is 31.9 Å². The first-order chi connectivity index (χ1) is 10.5. The van der Waals surface area contributed by atoms with Crippen LogP contribution in [0, 0.1) is 6.92 Å². The predicted molar refractivity (Wildman–Crippen MR) is 81.0 cm³/mol. The highest BCUT2D eigenvalue weighted by molar-refractivity contribution is 7.91. The number of anilines is 1. The molecule has 8 nitrogen and oxygen atoms in total. The molecule has 1 amide bonds. The lowest BCUT2D eigenvalue weighted by molar-refractivity contribution is -0.119. The largest absolute Gasteiger partial charge is 0.294 e. The van der Waals surface area contributed by atoms with Crippen LogP contribution in [0.1, 0.15) is 17.7 Å². The van der Waals surface area contributed by atoms with Crippen LogP contribution in [0.3, 0.4) is 0 Å². The average Bonchev–Trinajstić information content (AvgIpc) is 3.18. The van der Waals surface area contributed by atoms with Crippen LogP contribution in [0.4, 0.5) is 5.95 Å². The van der Waals surface area contributed by atoms with Crippen molar-refractivity contribution in [2.45, 2.75) is 30.0 Å². The third-order valence-corrected chi connectivity index (χ3v) is 6.82. The molecule has 0 spiro atoms. The molecule has 118 valence electrons. The summed E-state index contributed by atoms with van der Waals surface area (Å²) in [6, 6.07) is 2.62. The minimum absolute atomic E-state index is 0.209. The summed E-state index contributed by atoms with van der Waals surface area (Å²) in [4.78, 5) is 17.0. The molecule has 3 rings (SSSR count). The summed E-state index contributed by atoms with van der Waals surface area (Å²) >= 11 is 1.21. The molecule has 0 aliphatic carbocycles. The maximum absolute atomic E-state index is 12.7. The van der Waals surface area contributed by atoms with Crippen LogP contribution < -0.4 is 5.32 Å². The number of sulfonamides is 1. The van der Waals surface area contributed by atoms with Gasteiger partial charge in [-0.15, -0.1) is 11.3 Å². The molecule has 0 radical (unpaired) electrons. The van der Waals surface area contributed by atoms with Gasteiger partial charge in [0, 0.05) is 11.4 Å². The van der Waals surface area contributed by atoms with Gasteiger partial charge in [0.2, 0.25) is 11.9 Å². The third-order valence-electron chi connectivity index (χ3n) is 3.44. The first-order valence-electron chi connectivity index (χ1n) is 6.73. The van der Waals surface area contributed by atoms with E-state index in [2.05, 4.69) is 20.5 Å². The Labute approximate surface area is 131 Å². The van der Waals surface area contributed by atoms with Crippen molar-refractivity contribution in [2.24, 2.45) is 0 Å². The minimum atomic E-state index is -3.65. The summed E-state index contributed by atoms with van der Waals surface area (Å²) < 4.78 is 26.9. The standard InChI is InChI=1S/C12H15N5O3S2/c1-8-4-5-10(21-8)22(19,20)17-6-2-3-9(17)11(18)15-12-13-7-14-16-12/h4-5,7,9H,2-3,6H2,1H3,(H2,13,14,15,16,18). The Morgan fingerprint density at radius 1 is 1.50 bits per heavy atom. The lowest BCUT2D eigenvalue weighted by Gasteiger charge is -2.22. The molecule has 2 aromatic heterocycles. The normalized spacial score (nSPS) is 19.4. The summed E-state index contributed by atoms with van der Waals surface area (Å²) in [5.74, 6) is -0.188. The van der Waals surface area contributed by atoms with E-state index in [0.717, 1.165) is 4.88 Å². The van der Waals surface area contributed by atoms with E-state index in [9.17, 15) is 13.2 Å². The average molecular weight is 341 g/mol. The topological polar surface area (TPSA) is 108 Å². The number of hydrogen-bond acceptors (Lipinski definition) is 6. The van der Waals surface area contributed by atoms with Crippen molar-refractivity contribution in [2.75, 3.05) is 11.9 Å². The van der Waals surface area contributed by atoms with Gasteiger partial charge in [-0.3, -0.25) is 10.1 Å². The van der Waals surface area contributed by atoms with Crippen LogP contribution in [0.15, 0.2) is 22.7 Å². The SMILES string of the molecule is Cc1ccc(S(=O)(=O)N2CCCC2C(=O)Nc2ncn[nH]2)s1. The molecule has 2 N–H and O–H groups in total. The lowest BCUT2D eigenvalue weighted by Crippen LogP contribution is -2.43. The van der Waals surface area contributed by atoms with Crippen molar-refractivity contribution in [3.63, 3.8) is 0 Å². The fourth-order valence-corrected chi connectivity index (χ4v) is 5.49.